The molecule has 5 heteroatoms. The molecule has 1 atom stereocenters. The second-order valence-electron chi connectivity index (χ2n) is 4.27. The molecule has 0 radical (unpaired) electrons. The molecule has 1 aromatic carbocycles. The topological polar surface area (TPSA) is 51.0 Å². The van der Waals surface area contributed by atoms with E-state index in [0.29, 0.717) is 18.4 Å². The average molecular weight is 310 g/mol. The van der Waals surface area contributed by atoms with Gasteiger partial charge in [0.2, 0.25) is 5.89 Å². The predicted molar refractivity (Wildman–Crippen MR) is 73.5 cm³/mol. The Morgan fingerprint density at radius 2 is 2.17 bits per heavy atom. The van der Waals surface area contributed by atoms with Crippen LogP contribution in [-0.4, -0.2) is 23.2 Å². The van der Waals surface area contributed by atoms with Crippen LogP contribution in [-0.2, 0) is 12.8 Å². The number of rotatable bonds is 5. The van der Waals surface area contributed by atoms with E-state index < -0.39 is 0 Å². The van der Waals surface area contributed by atoms with Gasteiger partial charge in [0, 0.05) is 23.4 Å². The van der Waals surface area contributed by atoms with Gasteiger partial charge in [-0.15, -0.1) is 0 Å². The minimum Gasteiger partial charge on any atom is -0.339 e. The van der Waals surface area contributed by atoms with Crippen molar-refractivity contribution in [3.63, 3.8) is 0 Å². The lowest BCUT2D eigenvalue weighted by atomic mass is 10.1. The van der Waals surface area contributed by atoms with Crippen molar-refractivity contribution in [3.8, 4) is 0 Å². The van der Waals surface area contributed by atoms with Crippen LogP contribution in [0.25, 0.3) is 0 Å². The first kappa shape index (κ1) is 13.2. The van der Waals surface area contributed by atoms with Crippen LogP contribution < -0.4 is 5.32 Å². The minimum absolute atomic E-state index is 0.335. The van der Waals surface area contributed by atoms with Gasteiger partial charge in [0.25, 0.3) is 0 Å². The number of hydrogen-bond donors (Lipinski definition) is 1. The highest BCUT2D eigenvalue weighted by atomic mass is 79.9. The van der Waals surface area contributed by atoms with Gasteiger partial charge in [-0.1, -0.05) is 39.3 Å². The first-order chi connectivity index (χ1) is 8.69. The molecule has 1 heterocycles. The lowest BCUT2D eigenvalue weighted by Crippen LogP contribution is -2.23. The summed E-state index contributed by atoms with van der Waals surface area (Å²) in [7, 11) is 1.92. The van der Waals surface area contributed by atoms with Gasteiger partial charge in [0.15, 0.2) is 5.82 Å². The molecule has 1 N–H and O–H groups in total. The van der Waals surface area contributed by atoms with Gasteiger partial charge in [-0.2, -0.15) is 4.98 Å². The molecule has 2 aromatic rings. The summed E-state index contributed by atoms with van der Waals surface area (Å²) >= 11 is 3.52. The summed E-state index contributed by atoms with van der Waals surface area (Å²) in [5, 5.41) is 7.15. The zero-order valence-electron chi connectivity index (χ0n) is 10.5. The van der Waals surface area contributed by atoms with Crippen LogP contribution in [0, 0.1) is 0 Å². The Bertz CT molecular complexity index is 512. The summed E-state index contributed by atoms with van der Waals surface area (Å²) in [4.78, 5) is 4.40. The second kappa shape index (κ2) is 6.11. The fourth-order valence-electron chi connectivity index (χ4n) is 1.62. The first-order valence-corrected chi connectivity index (χ1v) is 6.70. The van der Waals surface area contributed by atoms with Crippen LogP contribution in [0.3, 0.4) is 0 Å². The minimum atomic E-state index is 0.335. The maximum atomic E-state index is 5.23. The maximum Gasteiger partial charge on any atom is 0.228 e. The summed E-state index contributed by atoms with van der Waals surface area (Å²) in [6, 6.07) is 8.39. The Balaban J connectivity index is 2.05. The Hall–Kier alpha value is -1.20. The molecule has 4 nitrogen and oxygen atoms in total. The van der Waals surface area contributed by atoms with E-state index in [1.165, 1.54) is 0 Å². The van der Waals surface area contributed by atoms with Gasteiger partial charge in [-0.05, 0) is 25.6 Å². The Kier molecular flexibility index (Phi) is 4.49. The molecule has 0 aliphatic heterocycles. The highest BCUT2D eigenvalue weighted by molar-refractivity contribution is 9.10. The van der Waals surface area contributed by atoms with Gasteiger partial charge < -0.3 is 9.84 Å². The van der Waals surface area contributed by atoms with Crippen molar-refractivity contribution in [1.29, 1.82) is 0 Å². The van der Waals surface area contributed by atoms with Crippen molar-refractivity contribution in [3.05, 3.63) is 46.0 Å². The smallest absolute Gasteiger partial charge is 0.228 e. The first-order valence-electron chi connectivity index (χ1n) is 5.91. The molecular formula is C13H16BrN3O. The van der Waals surface area contributed by atoms with Crippen molar-refractivity contribution < 1.29 is 4.52 Å². The van der Waals surface area contributed by atoms with Crippen molar-refractivity contribution in [2.45, 2.75) is 25.8 Å². The Morgan fingerprint density at radius 1 is 1.39 bits per heavy atom. The summed E-state index contributed by atoms with van der Waals surface area (Å²) in [6.07, 6.45) is 1.43. The van der Waals surface area contributed by atoms with Crippen molar-refractivity contribution >= 4 is 15.9 Å². The number of nitrogens with one attached hydrogen (secondary N) is 1. The molecule has 0 bridgehead atoms. The molecule has 0 fully saturated rings. The molecule has 0 aliphatic carbocycles. The Morgan fingerprint density at radius 3 is 2.89 bits per heavy atom. The zero-order chi connectivity index (χ0) is 13.0. The van der Waals surface area contributed by atoms with Crippen LogP contribution in [0.1, 0.15) is 24.2 Å². The number of halogens is 1. The molecule has 0 spiro atoms. The molecule has 0 saturated carbocycles. The van der Waals surface area contributed by atoms with Gasteiger partial charge in [0.05, 0.1) is 0 Å². The van der Waals surface area contributed by atoms with E-state index in [0.717, 1.165) is 22.3 Å². The van der Waals surface area contributed by atoms with Crippen molar-refractivity contribution in [2.75, 3.05) is 7.05 Å². The molecule has 1 aromatic heterocycles. The van der Waals surface area contributed by atoms with Crippen molar-refractivity contribution in [1.82, 2.24) is 15.5 Å². The molecule has 0 aliphatic rings. The number of likely N-dealkylation sites (N-methyl/N-ethyl adjacent to an activating group) is 1. The standard InChI is InChI=1S/C13H16BrN3O/c1-9(15-2)7-13-16-12(17-18-13)8-10-5-3-4-6-11(10)14/h3-6,9,15H,7-8H2,1-2H3. The summed E-state index contributed by atoms with van der Waals surface area (Å²) in [5.41, 5.74) is 1.16. The Labute approximate surface area is 115 Å². The van der Waals surface area contributed by atoms with Gasteiger partial charge in [0.1, 0.15) is 0 Å². The van der Waals surface area contributed by atoms with E-state index >= 15 is 0 Å². The van der Waals surface area contributed by atoms with Crippen LogP contribution >= 0.6 is 15.9 Å². The van der Waals surface area contributed by atoms with E-state index in [1.54, 1.807) is 0 Å². The SMILES string of the molecule is CNC(C)Cc1nc(Cc2ccccc2Br)no1. The van der Waals surface area contributed by atoms with Gasteiger partial charge >= 0.3 is 0 Å². The number of nitrogens with zero attached hydrogens (tertiary/aromatic N) is 2. The number of hydrogen-bond acceptors (Lipinski definition) is 4. The summed E-state index contributed by atoms with van der Waals surface area (Å²) in [6.45, 7) is 2.08. The van der Waals surface area contributed by atoms with E-state index in [9.17, 15) is 0 Å². The highest BCUT2D eigenvalue weighted by Crippen LogP contribution is 2.18. The second-order valence-corrected chi connectivity index (χ2v) is 5.12. The lowest BCUT2D eigenvalue weighted by molar-refractivity contribution is 0.361. The molecule has 96 valence electrons. The molecular weight excluding hydrogens is 294 g/mol. The fourth-order valence-corrected chi connectivity index (χ4v) is 2.05. The number of benzene rings is 1. The lowest BCUT2D eigenvalue weighted by Gasteiger charge is -2.04. The molecule has 0 saturated heterocycles. The highest BCUT2D eigenvalue weighted by Gasteiger charge is 2.10. The monoisotopic (exact) mass is 309 g/mol. The fraction of sp³-hybridized carbons (Fsp3) is 0.385. The molecule has 2 rings (SSSR count). The maximum absolute atomic E-state index is 5.23. The van der Waals surface area contributed by atoms with E-state index in [4.69, 9.17) is 4.52 Å². The zero-order valence-corrected chi connectivity index (χ0v) is 12.1. The normalized spacial score (nSPS) is 12.6. The van der Waals surface area contributed by atoms with Crippen LogP contribution in [0.2, 0.25) is 0 Å². The third kappa shape index (κ3) is 3.40. The van der Waals surface area contributed by atoms with E-state index in [2.05, 4.69) is 44.4 Å². The van der Waals surface area contributed by atoms with Crippen LogP contribution in [0.4, 0.5) is 0 Å². The largest absolute Gasteiger partial charge is 0.339 e. The average Bonchev–Trinajstić information content (AvgIpc) is 2.79. The molecule has 1 unspecified atom stereocenters. The third-order valence-corrected chi connectivity index (χ3v) is 3.56. The molecule has 18 heavy (non-hydrogen) atoms. The summed E-state index contributed by atoms with van der Waals surface area (Å²) in [5.74, 6) is 1.40. The van der Waals surface area contributed by atoms with Crippen molar-refractivity contribution in [2.24, 2.45) is 0 Å². The third-order valence-electron chi connectivity index (χ3n) is 2.79. The number of aromatic nitrogens is 2. The van der Waals surface area contributed by atoms with Gasteiger partial charge in [-0.3, -0.25) is 0 Å². The quantitative estimate of drug-likeness (QED) is 0.922. The van der Waals surface area contributed by atoms with Crippen LogP contribution in [0.5, 0.6) is 0 Å². The summed E-state index contributed by atoms with van der Waals surface area (Å²) < 4.78 is 6.30. The van der Waals surface area contributed by atoms with E-state index in [-0.39, 0.29) is 0 Å². The molecule has 0 amide bonds. The van der Waals surface area contributed by atoms with E-state index in [1.807, 2.05) is 25.2 Å². The van der Waals surface area contributed by atoms with Gasteiger partial charge in [-0.25, -0.2) is 0 Å². The predicted octanol–water partition coefficient (Wildman–Crippen LogP) is 2.57. The van der Waals surface area contributed by atoms with Crippen LogP contribution in [0.15, 0.2) is 33.3 Å².